The van der Waals surface area contributed by atoms with Crippen LogP contribution in [0.15, 0.2) is 79.0 Å². The van der Waals surface area contributed by atoms with E-state index in [2.05, 4.69) is 4.98 Å². The molecule has 5 rings (SSSR count). The average Bonchev–Trinajstić information content (AvgIpc) is 3.15. The second kappa shape index (κ2) is 7.76. The molecule has 2 aromatic heterocycles. The molecule has 0 saturated carbocycles. The normalized spacial score (nSPS) is 11.3. The van der Waals surface area contributed by atoms with Crippen molar-refractivity contribution in [2.24, 2.45) is 0 Å². The smallest absolute Gasteiger partial charge is 0.226 e. The van der Waals surface area contributed by atoms with Crippen molar-refractivity contribution in [2.45, 2.75) is 6.42 Å². The maximum absolute atomic E-state index is 14.0. The van der Waals surface area contributed by atoms with Gasteiger partial charge in [-0.25, -0.2) is 4.39 Å². The van der Waals surface area contributed by atoms with Crippen molar-refractivity contribution in [1.82, 2.24) is 14.8 Å². The molecule has 30 heavy (non-hydrogen) atoms. The van der Waals surface area contributed by atoms with Crippen LogP contribution in [-0.4, -0.2) is 21.4 Å². The second-order valence-electron chi connectivity index (χ2n) is 6.92. The number of hydrogen-bond acceptors (Lipinski definition) is 3. The molecule has 0 aliphatic carbocycles. The SMILES string of the molecule is Fc1ccccc1CCOc1c2cnc3ccccc3c2nn1-c1ccc(Cl)cc1. The summed E-state index contributed by atoms with van der Waals surface area (Å²) in [6.07, 6.45) is 2.22. The van der Waals surface area contributed by atoms with Crippen LogP contribution in [0.25, 0.3) is 27.5 Å². The molecule has 3 aromatic carbocycles. The number of pyridine rings is 1. The van der Waals surface area contributed by atoms with E-state index in [-0.39, 0.29) is 5.82 Å². The molecule has 6 heteroatoms. The maximum atomic E-state index is 14.0. The van der Waals surface area contributed by atoms with E-state index in [1.165, 1.54) is 6.07 Å². The summed E-state index contributed by atoms with van der Waals surface area (Å²) in [4.78, 5) is 4.56. The van der Waals surface area contributed by atoms with E-state index in [4.69, 9.17) is 21.4 Å². The van der Waals surface area contributed by atoms with Crippen molar-refractivity contribution in [2.75, 3.05) is 6.61 Å². The van der Waals surface area contributed by atoms with Crippen LogP contribution in [0.3, 0.4) is 0 Å². The first-order valence-corrected chi connectivity index (χ1v) is 9.97. The Kier molecular flexibility index (Phi) is 4.81. The third-order valence-electron chi connectivity index (χ3n) is 5.01. The lowest BCUT2D eigenvalue weighted by molar-refractivity contribution is 0.302. The average molecular weight is 418 g/mol. The molecule has 0 radical (unpaired) electrons. The lowest BCUT2D eigenvalue weighted by Gasteiger charge is -2.10. The highest BCUT2D eigenvalue weighted by molar-refractivity contribution is 6.30. The Hall–Kier alpha value is -3.44. The number of hydrogen-bond donors (Lipinski definition) is 0. The molecule has 5 aromatic rings. The summed E-state index contributed by atoms with van der Waals surface area (Å²) in [5.41, 5.74) is 3.10. The van der Waals surface area contributed by atoms with Gasteiger partial charge in [0.1, 0.15) is 11.3 Å². The zero-order valence-electron chi connectivity index (χ0n) is 15.9. The summed E-state index contributed by atoms with van der Waals surface area (Å²) >= 11 is 6.06. The molecule has 0 fully saturated rings. The lowest BCUT2D eigenvalue weighted by Crippen LogP contribution is -2.07. The van der Waals surface area contributed by atoms with Crippen molar-refractivity contribution in [3.63, 3.8) is 0 Å². The minimum absolute atomic E-state index is 0.232. The van der Waals surface area contributed by atoms with E-state index in [1.54, 1.807) is 23.0 Å². The van der Waals surface area contributed by atoms with Gasteiger partial charge >= 0.3 is 0 Å². The highest BCUT2D eigenvalue weighted by atomic mass is 35.5. The molecule has 148 valence electrons. The van der Waals surface area contributed by atoms with E-state index in [9.17, 15) is 4.39 Å². The standard InChI is InChI=1S/C24H17ClFN3O/c25-17-9-11-18(12-10-17)29-24(30-14-13-16-5-1-3-7-21(16)26)20-15-27-22-8-4-2-6-19(22)23(20)28-29/h1-12,15H,13-14H2. The van der Waals surface area contributed by atoms with Gasteiger partial charge in [0, 0.05) is 23.0 Å². The molecule has 0 spiro atoms. The second-order valence-corrected chi connectivity index (χ2v) is 7.36. The fourth-order valence-electron chi connectivity index (χ4n) is 3.51. The maximum Gasteiger partial charge on any atom is 0.226 e. The summed E-state index contributed by atoms with van der Waals surface area (Å²) in [7, 11) is 0. The van der Waals surface area contributed by atoms with Gasteiger partial charge in [-0.2, -0.15) is 9.78 Å². The topological polar surface area (TPSA) is 39.9 Å². The largest absolute Gasteiger partial charge is 0.477 e. The van der Waals surface area contributed by atoms with Crippen LogP contribution in [0, 0.1) is 5.82 Å². The molecular weight excluding hydrogens is 401 g/mol. The number of ether oxygens (including phenoxy) is 1. The highest BCUT2D eigenvalue weighted by Crippen LogP contribution is 2.32. The van der Waals surface area contributed by atoms with Crippen molar-refractivity contribution in [3.05, 3.63) is 95.4 Å². The van der Waals surface area contributed by atoms with E-state index < -0.39 is 0 Å². The van der Waals surface area contributed by atoms with Crippen molar-refractivity contribution in [3.8, 4) is 11.6 Å². The number of halogens is 2. The predicted molar refractivity (Wildman–Crippen MR) is 117 cm³/mol. The predicted octanol–water partition coefficient (Wildman–Crippen LogP) is 5.99. The molecule has 0 aliphatic rings. The van der Waals surface area contributed by atoms with Crippen LogP contribution in [0.4, 0.5) is 4.39 Å². The van der Waals surface area contributed by atoms with Gasteiger partial charge < -0.3 is 4.74 Å². The van der Waals surface area contributed by atoms with Gasteiger partial charge in [-0.3, -0.25) is 4.98 Å². The first kappa shape index (κ1) is 18.6. The number of benzene rings is 3. The Morgan fingerprint density at radius 1 is 0.900 bits per heavy atom. The van der Waals surface area contributed by atoms with Crippen molar-refractivity contribution in [1.29, 1.82) is 0 Å². The Bertz CT molecular complexity index is 1350. The fourth-order valence-corrected chi connectivity index (χ4v) is 3.63. The fraction of sp³-hybridized carbons (Fsp3) is 0.0833. The molecular formula is C24H17ClFN3O. The number of para-hydroxylation sites is 1. The first-order valence-electron chi connectivity index (χ1n) is 9.59. The summed E-state index contributed by atoms with van der Waals surface area (Å²) in [5.74, 6) is 0.340. The monoisotopic (exact) mass is 417 g/mol. The Labute approximate surface area is 177 Å². The molecule has 0 atom stereocenters. The molecule has 0 bridgehead atoms. The summed E-state index contributed by atoms with van der Waals surface area (Å²) in [6, 6.07) is 22.0. The van der Waals surface area contributed by atoms with Gasteiger partial charge in [0.05, 0.1) is 23.2 Å². The van der Waals surface area contributed by atoms with Crippen LogP contribution in [0.1, 0.15) is 5.56 Å². The van der Waals surface area contributed by atoms with Crippen LogP contribution < -0.4 is 4.74 Å². The molecule has 2 heterocycles. The summed E-state index contributed by atoms with van der Waals surface area (Å²) < 4.78 is 21.9. The number of aromatic nitrogens is 3. The van der Waals surface area contributed by atoms with Gasteiger partial charge in [0.25, 0.3) is 0 Å². The molecule has 0 amide bonds. The van der Waals surface area contributed by atoms with Crippen molar-refractivity contribution < 1.29 is 9.13 Å². The van der Waals surface area contributed by atoms with Gasteiger partial charge in [-0.15, -0.1) is 0 Å². The number of rotatable bonds is 5. The zero-order valence-corrected chi connectivity index (χ0v) is 16.7. The summed E-state index contributed by atoms with van der Waals surface area (Å²) in [5, 5.41) is 7.21. The molecule has 0 unspecified atom stereocenters. The number of fused-ring (bicyclic) bond motifs is 3. The number of nitrogens with zero attached hydrogens (tertiary/aromatic N) is 3. The lowest BCUT2D eigenvalue weighted by atomic mass is 10.1. The van der Waals surface area contributed by atoms with Gasteiger partial charge in [-0.1, -0.05) is 48.0 Å². The zero-order chi connectivity index (χ0) is 20.5. The van der Waals surface area contributed by atoms with Crippen LogP contribution in [0.5, 0.6) is 5.88 Å². The van der Waals surface area contributed by atoms with E-state index in [0.717, 1.165) is 27.5 Å². The quantitative estimate of drug-likeness (QED) is 0.352. The Morgan fingerprint density at radius 3 is 2.50 bits per heavy atom. The molecule has 0 saturated heterocycles. The van der Waals surface area contributed by atoms with E-state index in [1.807, 2.05) is 54.6 Å². The Balaban J connectivity index is 1.58. The first-order chi connectivity index (χ1) is 14.7. The van der Waals surface area contributed by atoms with Crippen LogP contribution in [-0.2, 0) is 6.42 Å². The Morgan fingerprint density at radius 2 is 1.67 bits per heavy atom. The van der Waals surface area contributed by atoms with Gasteiger partial charge in [0.2, 0.25) is 5.88 Å². The minimum Gasteiger partial charge on any atom is -0.477 e. The van der Waals surface area contributed by atoms with E-state index in [0.29, 0.717) is 29.5 Å². The molecule has 0 N–H and O–H groups in total. The van der Waals surface area contributed by atoms with E-state index >= 15 is 0 Å². The van der Waals surface area contributed by atoms with Crippen LogP contribution in [0.2, 0.25) is 5.02 Å². The van der Waals surface area contributed by atoms with Gasteiger partial charge in [-0.05, 0) is 42.0 Å². The van der Waals surface area contributed by atoms with Crippen LogP contribution >= 0.6 is 11.6 Å². The van der Waals surface area contributed by atoms with Crippen molar-refractivity contribution >= 4 is 33.4 Å². The third-order valence-corrected chi connectivity index (χ3v) is 5.26. The molecule has 4 nitrogen and oxygen atoms in total. The molecule has 0 aliphatic heterocycles. The third kappa shape index (κ3) is 3.37. The van der Waals surface area contributed by atoms with Gasteiger partial charge in [0.15, 0.2) is 0 Å². The minimum atomic E-state index is -0.232. The summed E-state index contributed by atoms with van der Waals surface area (Å²) in [6.45, 7) is 0.308. The highest BCUT2D eigenvalue weighted by Gasteiger charge is 2.17.